The Balaban J connectivity index is 1.48. The van der Waals surface area contributed by atoms with E-state index in [1.165, 1.54) is 11.1 Å². The number of benzene rings is 2. The zero-order valence-electron chi connectivity index (χ0n) is 15.4. The largest absolute Gasteiger partial charge is 0.497 e. The Morgan fingerprint density at radius 1 is 1.15 bits per heavy atom. The van der Waals surface area contributed by atoms with Crippen LogP contribution in [0, 0.1) is 5.92 Å². The van der Waals surface area contributed by atoms with Gasteiger partial charge in [0.15, 0.2) is 0 Å². The number of methoxy groups -OCH3 is 1. The van der Waals surface area contributed by atoms with Crippen molar-refractivity contribution in [2.24, 2.45) is 5.92 Å². The normalized spacial score (nSPS) is 26.0. The lowest BCUT2D eigenvalue weighted by Crippen LogP contribution is -2.36. The zero-order chi connectivity index (χ0) is 17.9. The number of hydrogen-bond acceptors (Lipinski definition) is 5. The van der Waals surface area contributed by atoms with Crippen molar-refractivity contribution >= 4 is 0 Å². The molecule has 0 saturated carbocycles. The molecule has 2 aliphatic rings. The third kappa shape index (κ3) is 3.70. The quantitative estimate of drug-likeness (QED) is 0.885. The van der Waals surface area contributed by atoms with E-state index in [1.54, 1.807) is 7.11 Å². The Morgan fingerprint density at radius 3 is 2.77 bits per heavy atom. The fraction of sp³-hybridized carbons (Fsp3) is 0.429. The Hall–Kier alpha value is -2.08. The zero-order valence-corrected chi connectivity index (χ0v) is 15.4. The molecule has 0 aliphatic carbocycles. The first-order valence-corrected chi connectivity index (χ1v) is 9.32. The van der Waals surface area contributed by atoms with Crippen LogP contribution in [0.5, 0.6) is 11.5 Å². The number of hydrazine groups is 1. The molecule has 0 spiro atoms. The third-order valence-corrected chi connectivity index (χ3v) is 5.27. The van der Waals surface area contributed by atoms with Gasteiger partial charge in [-0.1, -0.05) is 30.3 Å². The predicted octanol–water partition coefficient (Wildman–Crippen LogP) is 2.74. The van der Waals surface area contributed by atoms with Crippen LogP contribution in [-0.4, -0.2) is 37.7 Å². The average molecular weight is 353 g/mol. The Kier molecular flexibility index (Phi) is 5.11. The van der Waals surface area contributed by atoms with E-state index in [1.807, 2.05) is 18.2 Å². The van der Waals surface area contributed by atoms with Crippen molar-refractivity contribution in [1.29, 1.82) is 0 Å². The molecule has 1 fully saturated rings. The van der Waals surface area contributed by atoms with Crippen LogP contribution in [0.3, 0.4) is 0 Å². The fourth-order valence-corrected chi connectivity index (χ4v) is 4.02. The second-order valence-corrected chi connectivity index (χ2v) is 7.27. The summed E-state index contributed by atoms with van der Waals surface area (Å²) in [4.78, 5) is 2.52. The highest BCUT2D eigenvalue weighted by molar-refractivity contribution is 5.34. The number of nitrogens with one attached hydrogen (secondary N) is 2. The van der Waals surface area contributed by atoms with Crippen molar-refractivity contribution in [3.05, 3.63) is 59.7 Å². The third-order valence-electron chi connectivity index (χ3n) is 5.27. The standard InChI is InChI=1S/C21H27N3O2/c1-15-12-24(13-17-5-3-4-6-20(17)26-15)14-18-11-22-23-21(18)16-7-9-19(25-2)10-8-16/h3-10,15,18,21-23H,11-14H2,1-2H3. The first-order valence-electron chi connectivity index (χ1n) is 9.32. The lowest BCUT2D eigenvalue weighted by Gasteiger charge is -2.27. The minimum atomic E-state index is 0.195. The molecule has 1 saturated heterocycles. The highest BCUT2D eigenvalue weighted by atomic mass is 16.5. The molecule has 3 atom stereocenters. The molecule has 0 radical (unpaired) electrons. The maximum atomic E-state index is 6.10. The van der Waals surface area contributed by atoms with Gasteiger partial charge < -0.3 is 9.47 Å². The number of ether oxygens (including phenoxy) is 2. The molecule has 5 heteroatoms. The summed E-state index contributed by atoms with van der Waals surface area (Å²) in [6.07, 6.45) is 0.195. The van der Waals surface area contributed by atoms with Gasteiger partial charge in [0.1, 0.15) is 17.6 Å². The number of fused-ring (bicyclic) bond motifs is 1. The van der Waals surface area contributed by atoms with Gasteiger partial charge in [-0.25, -0.2) is 5.43 Å². The first kappa shape index (κ1) is 17.3. The van der Waals surface area contributed by atoms with Crippen LogP contribution in [-0.2, 0) is 6.54 Å². The number of hydrogen-bond donors (Lipinski definition) is 2. The van der Waals surface area contributed by atoms with Crippen LogP contribution in [0.15, 0.2) is 48.5 Å². The van der Waals surface area contributed by atoms with E-state index < -0.39 is 0 Å². The molecule has 0 aromatic heterocycles. The van der Waals surface area contributed by atoms with E-state index in [4.69, 9.17) is 9.47 Å². The number of nitrogens with zero attached hydrogens (tertiary/aromatic N) is 1. The summed E-state index contributed by atoms with van der Waals surface area (Å²) in [5.41, 5.74) is 9.36. The molecule has 3 unspecified atom stereocenters. The van der Waals surface area contributed by atoms with Crippen LogP contribution in [0.4, 0.5) is 0 Å². The fourth-order valence-electron chi connectivity index (χ4n) is 4.02. The molecular weight excluding hydrogens is 326 g/mol. The molecule has 26 heavy (non-hydrogen) atoms. The summed E-state index contributed by atoms with van der Waals surface area (Å²) in [5.74, 6) is 2.42. The molecule has 2 aliphatic heterocycles. The molecular formula is C21H27N3O2. The highest BCUT2D eigenvalue weighted by Crippen LogP contribution is 2.30. The van der Waals surface area contributed by atoms with Crippen LogP contribution >= 0.6 is 0 Å². The highest BCUT2D eigenvalue weighted by Gasteiger charge is 2.31. The summed E-state index contributed by atoms with van der Waals surface area (Å²) >= 11 is 0. The summed E-state index contributed by atoms with van der Waals surface area (Å²) in [7, 11) is 1.70. The van der Waals surface area contributed by atoms with Crippen molar-refractivity contribution in [3.63, 3.8) is 0 Å². The van der Waals surface area contributed by atoms with Crippen LogP contribution in [0.25, 0.3) is 0 Å². The molecule has 2 aromatic rings. The van der Waals surface area contributed by atoms with Gasteiger partial charge in [0.05, 0.1) is 13.2 Å². The Labute approximate surface area is 155 Å². The van der Waals surface area contributed by atoms with Crippen LogP contribution in [0.1, 0.15) is 24.1 Å². The van der Waals surface area contributed by atoms with Gasteiger partial charge in [-0.3, -0.25) is 10.3 Å². The van der Waals surface area contributed by atoms with E-state index in [9.17, 15) is 0 Å². The van der Waals surface area contributed by atoms with Gasteiger partial charge in [0.25, 0.3) is 0 Å². The van der Waals surface area contributed by atoms with Gasteiger partial charge >= 0.3 is 0 Å². The minimum Gasteiger partial charge on any atom is -0.497 e. The Morgan fingerprint density at radius 2 is 1.96 bits per heavy atom. The van der Waals surface area contributed by atoms with Crippen LogP contribution in [0.2, 0.25) is 0 Å². The summed E-state index contributed by atoms with van der Waals surface area (Å²) < 4.78 is 11.4. The lowest BCUT2D eigenvalue weighted by atomic mass is 9.94. The lowest BCUT2D eigenvalue weighted by molar-refractivity contribution is 0.145. The van der Waals surface area contributed by atoms with E-state index in [-0.39, 0.29) is 6.10 Å². The molecule has 2 heterocycles. The minimum absolute atomic E-state index is 0.195. The smallest absolute Gasteiger partial charge is 0.124 e. The van der Waals surface area contributed by atoms with E-state index in [2.05, 4.69) is 53.0 Å². The topological polar surface area (TPSA) is 45.8 Å². The van der Waals surface area contributed by atoms with E-state index in [0.29, 0.717) is 12.0 Å². The number of rotatable bonds is 4. The monoisotopic (exact) mass is 353 g/mol. The van der Waals surface area contributed by atoms with Crippen molar-refractivity contribution < 1.29 is 9.47 Å². The van der Waals surface area contributed by atoms with Crippen molar-refractivity contribution in [2.75, 3.05) is 26.7 Å². The SMILES string of the molecule is COc1ccc(C2NNCC2CN2Cc3ccccc3OC(C)C2)cc1. The molecule has 138 valence electrons. The molecule has 5 nitrogen and oxygen atoms in total. The molecule has 0 amide bonds. The summed E-state index contributed by atoms with van der Waals surface area (Å²) in [6, 6.07) is 17.1. The van der Waals surface area contributed by atoms with E-state index in [0.717, 1.165) is 37.7 Å². The maximum absolute atomic E-state index is 6.10. The molecule has 0 bridgehead atoms. The van der Waals surface area contributed by atoms with Crippen LogP contribution < -0.4 is 20.3 Å². The summed E-state index contributed by atoms with van der Waals surface area (Å²) in [5, 5.41) is 0. The van der Waals surface area contributed by atoms with Crippen molar-refractivity contribution in [2.45, 2.75) is 25.6 Å². The predicted molar refractivity (Wildman–Crippen MR) is 102 cm³/mol. The Bertz CT molecular complexity index is 734. The van der Waals surface area contributed by atoms with Gasteiger partial charge in [-0.15, -0.1) is 0 Å². The van der Waals surface area contributed by atoms with Gasteiger partial charge in [-0.2, -0.15) is 0 Å². The van der Waals surface area contributed by atoms with Crippen molar-refractivity contribution in [1.82, 2.24) is 15.8 Å². The second-order valence-electron chi connectivity index (χ2n) is 7.27. The second kappa shape index (κ2) is 7.66. The average Bonchev–Trinajstić information content (AvgIpc) is 3.04. The molecule has 4 rings (SSSR count). The van der Waals surface area contributed by atoms with E-state index >= 15 is 0 Å². The van der Waals surface area contributed by atoms with Crippen molar-refractivity contribution in [3.8, 4) is 11.5 Å². The maximum Gasteiger partial charge on any atom is 0.124 e. The van der Waals surface area contributed by atoms with Gasteiger partial charge in [0, 0.05) is 37.7 Å². The number of para-hydroxylation sites is 1. The summed E-state index contributed by atoms with van der Waals surface area (Å²) in [6.45, 7) is 6.02. The van der Waals surface area contributed by atoms with Gasteiger partial charge in [0.2, 0.25) is 0 Å². The molecule has 2 aromatic carbocycles. The molecule has 2 N–H and O–H groups in total. The first-order chi connectivity index (χ1) is 12.7. The van der Waals surface area contributed by atoms with Gasteiger partial charge in [-0.05, 0) is 30.7 Å².